The molecule has 35 heavy (non-hydrogen) atoms. The molecule has 0 fully saturated rings. The van der Waals surface area contributed by atoms with E-state index in [0.717, 1.165) is 41.0 Å². The van der Waals surface area contributed by atoms with Gasteiger partial charge in [0.1, 0.15) is 11.8 Å². The fourth-order valence-corrected chi connectivity index (χ4v) is 4.76. The third kappa shape index (κ3) is 4.51. The smallest absolute Gasteiger partial charge is 0.329 e. The maximum Gasteiger partial charge on any atom is 0.329 e. The molecular formula is C27H26N2O6. The van der Waals surface area contributed by atoms with Crippen LogP contribution in [0.1, 0.15) is 33.7 Å². The Balaban J connectivity index is 1.31. The van der Waals surface area contributed by atoms with E-state index in [9.17, 15) is 14.4 Å². The minimum absolute atomic E-state index is 0.151. The predicted octanol–water partition coefficient (Wildman–Crippen LogP) is 3.38. The highest BCUT2D eigenvalue weighted by Crippen LogP contribution is 2.31. The highest BCUT2D eigenvalue weighted by atomic mass is 16.5. The Morgan fingerprint density at radius 2 is 1.86 bits per heavy atom. The summed E-state index contributed by atoms with van der Waals surface area (Å²) in [6.45, 7) is 0.408. The van der Waals surface area contributed by atoms with E-state index in [-0.39, 0.29) is 18.2 Å². The maximum absolute atomic E-state index is 13.2. The van der Waals surface area contributed by atoms with E-state index in [4.69, 9.17) is 13.9 Å². The van der Waals surface area contributed by atoms with Gasteiger partial charge in [0.05, 0.1) is 13.4 Å². The first-order valence-corrected chi connectivity index (χ1v) is 11.6. The Morgan fingerprint density at radius 3 is 2.63 bits per heavy atom. The van der Waals surface area contributed by atoms with Crippen LogP contribution in [0.3, 0.4) is 0 Å². The number of ether oxygens (including phenoxy) is 2. The molecule has 0 bridgehead atoms. The lowest BCUT2D eigenvalue weighted by molar-refractivity contribution is -0.153. The van der Waals surface area contributed by atoms with Gasteiger partial charge >= 0.3 is 5.97 Å². The van der Waals surface area contributed by atoms with E-state index in [1.54, 1.807) is 24.1 Å². The fourth-order valence-electron chi connectivity index (χ4n) is 4.76. The van der Waals surface area contributed by atoms with Crippen molar-refractivity contribution in [2.45, 2.75) is 31.8 Å². The third-order valence-corrected chi connectivity index (χ3v) is 6.56. The highest BCUT2D eigenvalue weighted by Gasteiger charge is 2.37. The molecule has 8 nitrogen and oxygen atoms in total. The van der Waals surface area contributed by atoms with Crippen molar-refractivity contribution in [3.8, 4) is 5.75 Å². The largest absolute Gasteiger partial charge is 0.497 e. The number of benzene rings is 2. The van der Waals surface area contributed by atoms with E-state index >= 15 is 0 Å². The molecule has 3 heterocycles. The van der Waals surface area contributed by atoms with Gasteiger partial charge < -0.3 is 23.7 Å². The average Bonchev–Trinajstić information content (AvgIpc) is 3.44. The van der Waals surface area contributed by atoms with Gasteiger partial charge in [0.15, 0.2) is 12.4 Å². The lowest BCUT2D eigenvalue weighted by atomic mass is 9.93. The Hall–Kier alpha value is -4.07. The second-order valence-corrected chi connectivity index (χ2v) is 8.65. The number of nitrogens with zero attached hydrogens (tertiary/aromatic N) is 2. The monoisotopic (exact) mass is 474 g/mol. The molecule has 0 saturated carbocycles. The molecule has 2 aromatic carbocycles. The van der Waals surface area contributed by atoms with Crippen LogP contribution in [-0.4, -0.2) is 49.0 Å². The number of aryl methyl sites for hydroxylation is 1. The molecule has 1 atom stereocenters. The summed E-state index contributed by atoms with van der Waals surface area (Å²) < 4.78 is 16.1. The zero-order chi connectivity index (χ0) is 24.4. The summed E-state index contributed by atoms with van der Waals surface area (Å²) in [6, 6.07) is 15.6. The van der Waals surface area contributed by atoms with E-state index in [0.29, 0.717) is 13.0 Å². The molecule has 3 aromatic rings. The topological polar surface area (TPSA) is 89.3 Å². The normalized spacial score (nSPS) is 16.8. The Labute approximate surface area is 203 Å². The number of esters is 1. The minimum atomic E-state index is -0.854. The summed E-state index contributed by atoms with van der Waals surface area (Å²) in [7, 11) is 1.61. The molecule has 0 unspecified atom stereocenters. The van der Waals surface area contributed by atoms with Crippen LogP contribution in [0.2, 0.25) is 0 Å². The molecule has 180 valence electrons. The van der Waals surface area contributed by atoms with Crippen LogP contribution >= 0.6 is 0 Å². The van der Waals surface area contributed by atoms with Crippen LogP contribution in [0.5, 0.6) is 5.75 Å². The van der Waals surface area contributed by atoms with Gasteiger partial charge in [-0.15, -0.1) is 0 Å². The summed E-state index contributed by atoms with van der Waals surface area (Å²) in [5, 5.41) is 0. The minimum Gasteiger partial charge on any atom is -0.497 e. The number of carbonyl (C=O) groups excluding carboxylic acids is 3. The Kier molecular flexibility index (Phi) is 6.27. The molecule has 2 aliphatic heterocycles. The second kappa shape index (κ2) is 9.66. The molecular weight excluding hydrogens is 448 g/mol. The lowest BCUT2D eigenvalue weighted by Gasteiger charge is -2.35. The zero-order valence-electron chi connectivity index (χ0n) is 19.4. The van der Waals surface area contributed by atoms with Crippen LogP contribution in [0.15, 0.2) is 65.3 Å². The van der Waals surface area contributed by atoms with Gasteiger partial charge in [0.25, 0.3) is 11.8 Å². The number of fused-ring (bicyclic) bond motifs is 2. The van der Waals surface area contributed by atoms with Gasteiger partial charge in [-0.3, -0.25) is 9.59 Å². The molecule has 0 N–H and O–H groups in total. The van der Waals surface area contributed by atoms with Crippen molar-refractivity contribution in [2.75, 3.05) is 25.2 Å². The first kappa shape index (κ1) is 22.7. The lowest BCUT2D eigenvalue weighted by Crippen LogP contribution is -2.50. The van der Waals surface area contributed by atoms with Crippen molar-refractivity contribution >= 4 is 23.5 Å². The van der Waals surface area contributed by atoms with Crippen LogP contribution < -0.4 is 9.64 Å². The molecule has 5 rings (SSSR count). The number of carbonyl (C=O) groups is 3. The number of amides is 2. The number of hydrogen-bond donors (Lipinski definition) is 0. The van der Waals surface area contributed by atoms with Crippen LogP contribution in [-0.2, 0) is 33.7 Å². The highest BCUT2D eigenvalue weighted by molar-refractivity contribution is 5.98. The summed E-state index contributed by atoms with van der Waals surface area (Å²) >= 11 is 0. The molecule has 0 aliphatic carbocycles. The summed E-state index contributed by atoms with van der Waals surface area (Å²) in [5.41, 5.74) is 3.77. The van der Waals surface area contributed by atoms with Crippen molar-refractivity contribution in [2.24, 2.45) is 0 Å². The Bertz CT molecular complexity index is 1250. The fraction of sp³-hybridized carbons (Fsp3) is 0.296. The van der Waals surface area contributed by atoms with Crippen LogP contribution in [0.4, 0.5) is 5.69 Å². The first-order valence-electron chi connectivity index (χ1n) is 11.6. The number of anilines is 1. The van der Waals surface area contributed by atoms with Gasteiger partial charge in [-0.1, -0.05) is 24.3 Å². The number of hydrogen-bond acceptors (Lipinski definition) is 6. The summed E-state index contributed by atoms with van der Waals surface area (Å²) in [4.78, 5) is 42.4. The molecule has 0 spiro atoms. The van der Waals surface area contributed by atoms with Gasteiger partial charge in [-0.2, -0.15) is 0 Å². The number of methoxy groups -OCH3 is 1. The molecule has 8 heteroatoms. The standard InChI is InChI=1S/C27H26N2O6/c1-33-21-10-11-22-19(14-21)8-4-12-28(22)25(30)17-35-27(32)23-15-18-6-2-3-7-20(18)16-29(23)26(31)24-9-5-13-34-24/h2-3,5-7,9-11,13-14,23H,4,8,12,15-17H2,1H3/t23-/m0/s1. The van der Waals surface area contributed by atoms with E-state index in [1.165, 1.54) is 11.2 Å². The van der Waals surface area contributed by atoms with Crippen molar-refractivity contribution in [3.05, 3.63) is 83.3 Å². The van der Waals surface area contributed by atoms with Crippen molar-refractivity contribution in [3.63, 3.8) is 0 Å². The van der Waals surface area contributed by atoms with Gasteiger partial charge in [-0.05, 0) is 59.9 Å². The van der Waals surface area contributed by atoms with E-state index in [2.05, 4.69) is 0 Å². The molecule has 1 aromatic heterocycles. The van der Waals surface area contributed by atoms with Crippen molar-refractivity contribution in [1.29, 1.82) is 0 Å². The molecule has 2 amide bonds. The van der Waals surface area contributed by atoms with Crippen molar-refractivity contribution < 1.29 is 28.3 Å². The van der Waals surface area contributed by atoms with Gasteiger partial charge in [-0.25, -0.2) is 4.79 Å². The Morgan fingerprint density at radius 1 is 1.03 bits per heavy atom. The maximum atomic E-state index is 13.2. The van der Waals surface area contributed by atoms with Crippen LogP contribution in [0, 0.1) is 0 Å². The average molecular weight is 475 g/mol. The quantitative estimate of drug-likeness (QED) is 0.527. The first-order chi connectivity index (χ1) is 17.0. The van der Waals surface area contributed by atoms with Crippen molar-refractivity contribution in [1.82, 2.24) is 4.90 Å². The predicted molar refractivity (Wildman–Crippen MR) is 127 cm³/mol. The van der Waals surface area contributed by atoms with Gasteiger partial charge in [0.2, 0.25) is 0 Å². The zero-order valence-corrected chi connectivity index (χ0v) is 19.4. The van der Waals surface area contributed by atoms with E-state index < -0.39 is 24.5 Å². The summed E-state index contributed by atoms with van der Waals surface area (Å²) in [5.74, 6) is -0.414. The summed E-state index contributed by atoms with van der Waals surface area (Å²) in [6.07, 6.45) is 3.39. The number of rotatable bonds is 5. The van der Waals surface area contributed by atoms with Crippen LogP contribution in [0.25, 0.3) is 0 Å². The molecule has 0 radical (unpaired) electrons. The SMILES string of the molecule is COc1ccc2c(c1)CCCN2C(=O)COC(=O)[C@@H]1Cc2ccccc2CN1C(=O)c1ccco1. The molecule has 0 saturated heterocycles. The second-order valence-electron chi connectivity index (χ2n) is 8.65. The third-order valence-electron chi connectivity index (χ3n) is 6.56. The van der Waals surface area contributed by atoms with E-state index in [1.807, 2.05) is 42.5 Å². The number of furan rings is 1. The van der Waals surface area contributed by atoms with Gasteiger partial charge in [0, 0.05) is 25.2 Å². The molecule has 2 aliphatic rings.